The maximum absolute atomic E-state index is 10.6. The number of carbonyl (C=O) groups excluding carboxylic acids is 2. The molecule has 0 fully saturated rings. The fraction of sp³-hybridized carbons (Fsp3) is 0.111. The summed E-state index contributed by atoms with van der Waals surface area (Å²) < 4.78 is 9.37. The number of hydrogen-bond acceptors (Lipinski definition) is 6. The third-order valence-corrected chi connectivity index (χ3v) is 2.74. The Hall–Kier alpha value is -3.15. The van der Waals surface area contributed by atoms with E-state index in [0.717, 1.165) is 0 Å². The van der Waals surface area contributed by atoms with Crippen LogP contribution in [0.3, 0.4) is 0 Å². The lowest BCUT2D eigenvalue weighted by Crippen LogP contribution is -2.06. The van der Waals surface area contributed by atoms with Crippen LogP contribution in [0.4, 0.5) is 0 Å². The zero-order chi connectivity index (χ0) is 19.7. The average Bonchev–Trinajstić information content (AvgIpc) is 2.55. The first kappa shape index (κ1) is 23.9. The van der Waals surface area contributed by atoms with Gasteiger partial charge in [0.05, 0.1) is 0 Å². The van der Waals surface area contributed by atoms with Crippen LogP contribution in [0.5, 0.6) is 11.5 Å². The fourth-order valence-electron chi connectivity index (χ4n) is 1.77. The SMILES string of the molecule is CC(=O)Oc1ccccc1C(=O)O.CC(=O)Oc1ccccc1C(=O)O.[AlH3]. The van der Waals surface area contributed by atoms with E-state index in [1.807, 2.05) is 0 Å². The minimum atomic E-state index is -1.11. The van der Waals surface area contributed by atoms with Crippen LogP contribution in [0.1, 0.15) is 34.6 Å². The van der Waals surface area contributed by atoms with Gasteiger partial charge in [-0.05, 0) is 24.3 Å². The van der Waals surface area contributed by atoms with Crippen LogP contribution < -0.4 is 9.47 Å². The van der Waals surface area contributed by atoms with E-state index in [1.54, 1.807) is 24.3 Å². The molecular formula is C18H19AlO8. The molecule has 0 saturated carbocycles. The number of carboxylic acids is 2. The van der Waals surface area contributed by atoms with E-state index in [2.05, 4.69) is 9.47 Å². The van der Waals surface area contributed by atoms with Crippen LogP contribution in [0.25, 0.3) is 0 Å². The third kappa shape index (κ3) is 8.18. The van der Waals surface area contributed by atoms with Crippen molar-refractivity contribution in [2.45, 2.75) is 13.8 Å². The molecule has 0 amide bonds. The lowest BCUT2D eigenvalue weighted by atomic mass is 10.2. The second kappa shape index (κ2) is 11.5. The first-order valence-electron chi connectivity index (χ1n) is 7.23. The normalized spacial score (nSPS) is 8.96. The van der Waals surface area contributed by atoms with Crippen molar-refractivity contribution in [3.8, 4) is 11.5 Å². The number of aromatic carboxylic acids is 2. The quantitative estimate of drug-likeness (QED) is 0.456. The number of carboxylic acid groups (broad SMARTS) is 2. The van der Waals surface area contributed by atoms with E-state index in [4.69, 9.17) is 10.2 Å². The Morgan fingerprint density at radius 2 is 0.963 bits per heavy atom. The predicted molar refractivity (Wildman–Crippen MR) is 99.4 cm³/mol. The van der Waals surface area contributed by atoms with E-state index >= 15 is 0 Å². The second-order valence-corrected chi connectivity index (χ2v) is 4.79. The van der Waals surface area contributed by atoms with E-state index < -0.39 is 23.9 Å². The van der Waals surface area contributed by atoms with Crippen molar-refractivity contribution in [2.24, 2.45) is 0 Å². The Morgan fingerprint density at radius 3 is 1.22 bits per heavy atom. The standard InChI is InChI=1S/2C9H8O4.Al.3H/c2*1-6(10)13-8-5-3-2-4-7(8)9(11)12;;;;/h2*2-5H,1H3,(H,11,12);;;;. The summed E-state index contributed by atoms with van der Waals surface area (Å²) in [5.74, 6) is -3.15. The Balaban J connectivity index is 0.000000483. The van der Waals surface area contributed by atoms with E-state index in [1.165, 1.54) is 38.1 Å². The molecule has 0 heterocycles. The van der Waals surface area contributed by atoms with Gasteiger partial charge in [-0.1, -0.05) is 24.3 Å². The lowest BCUT2D eigenvalue weighted by molar-refractivity contribution is -0.132. The smallest absolute Gasteiger partial charge is 0.339 e. The number of ether oxygens (including phenoxy) is 2. The van der Waals surface area contributed by atoms with Crippen LogP contribution in [-0.4, -0.2) is 51.5 Å². The molecule has 9 heteroatoms. The van der Waals surface area contributed by atoms with Gasteiger partial charge in [0.25, 0.3) is 0 Å². The van der Waals surface area contributed by atoms with Crippen LogP contribution in [0, 0.1) is 0 Å². The second-order valence-electron chi connectivity index (χ2n) is 4.79. The van der Waals surface area contributed by atoms with Gasteiger partial charge in [-0.2, -0.15) is 0 Å². The highest BCUT2D eigenvalue weighted by Crippen LogP contribution is 2.18. The predicted octanol–water partition coefficient (Wildman–Crippen LogP) is 1.44. The van der Waals surface area contributed by atoms with Gasteiger partial charge in [0.2, 0.25) is 0 Å². The van der Waals surface area contributed by atoms with Crippen molar-refractivity contribution in [3.05, 3.63) is 59.7 Å². The van der Waals surface area contributed by atoms with Gasteiger partial charge in [-0.3, -0.25) is 9.59 Å². The molecule has 0 aliphatic heterocycles. The first-order chi connectivity index (χ1) is 12.2. The van der Waals surface area contributed by atoms with Gasteiger partial charge in [0, 0.05) is 13.8 Å². The van der Waals surface area contributed by atoms with Crippen molar-refractivity contribution in [1.82, 2.24) is 0 Å². The number of carbonyl (C=O) groups is 4. The molecule has 0 aliphatic rings. The molecule has 0 saturated heterocycles. The molecule has 2 N–H and O–H groups in total. The molecule has 0 radical (unpaired) electrons. The summed E-state index contributed by atoms with van der Waals surface area (Å²) in [7, 11) is 0. The number of rotatable bonds is 4. The Bertz CT molecular complexity index is 762. The number of benzene rings is 2. The van der Waals surface area contributed by atoms with Gasteiger partial charge in [0.15, 0.2) is 17.4 Å². The van der Waals surface area contributed by atoms with E-state index in [9.17, 15) is 19.2 Å². The van der Waals surface area contributed by atoms with Gasteiger partial charge in [-0.15, -0.1) is 0 Å². The van der Waals surface area contributed by atoms with Gasteiger partial charge < -0.3 is 19.7 Å². The summed E-state index contributed by atoms with van der Waals surface area (Å²) >= 11 is 0. The van der Waals surface area contributed by atoms with Crippen molar-refractivity contribution in [3.63, 3.8) is 0 Å². The third-order valence-electron chi connectivity index (χ3n) is 2.74. The molecule has 0 bridgehead atoms. The Kier molecular flexibility index (Phi) is 10.1. The minimum absolute atomic E-state index is 0. The van der Waals surface area contributed by atoms with E-state index in [0.29, 0.717) is 0 Å². The molecule has 2 aromatic carbocycles. The number of hydrogen-bond donors (Lipinski definition) is 2. The summed E-state index contributed by atoms with van der Waals surface area (Å²) in [6.07, 6.45) is 0. The highest BCUT2D eigenvalue weighted by atomic mass is 27.0. The maximum Gasteiger partial charge on any atom is 0.339 e. The van der Waals surface area contributed by atoms with Crippen LogP contribution in [-0.2, 0) is 9.59 Å². The number of para-hydroxylation sites is 2. The summed E-state index contributed by atoms with van der Waals surface area (Å²) in [5, 5.41) is 17.4. The summed E-state index contributed by atoms with van der Waals surface area (Å²) in [5.41, 5.74) is -0.0320. The highest BCUT2D eigenvalue weighted by molar-refractivity contribution is 5.92. The van der Waals surface area contributed by atoms with Gasteiger partial charge >= 0.3 is 23.9 Å². The fourth-order valence-corrected chi connectivity index (χ4v) is 1.77. The van der Waals surface area contributed by atoms with Crippen molar-refractivity contribution in [1.29, 1.82) is 0 Å². The molecule has 0 aromatic heterocycles. The summed E-state index contributed by atoms with van der Waals surface area (Å²) in [6.45, 7) is 2.44. The molecule has 27 heavy (non-hydrogen) atoms. The van der Waals surface area contributed by atoms with Crippen molar-refractivity contribution in [2.75, 3.05) is 0 Å². The summed E-state index contributed by atoms with van der Waals surface area (Å²) in [4.78, 5) is 42.4. The average molecular weight is 390 g/mol. The van der Waals surface area contributed by atoms with Crippen molar-refractivity contribution < 1.29 is 38.9 Å². The van der Waals surface area contributed by atoms with E-state index in [-0.39, 0.29) is 40.0 Å². The van der Waals surface area contributed by atoms with Crippen LogP contribution in [0.2, 0.25) is 0 Å². The zero-order valence-electron chi connectivity index (χ0n) is 14.0. The monoisotopic (exact) mass is 390 g/mol. The molecule has 0 aliphatic carbocycles. The van der Waals surface area contributed by atoms with Crippen molar-refractivity contribution >= 4 is 41.2 Å². The largest absolute Gasteiger partial charge is 0.478 e. The maximum atomic E-state index is 10.6. The summed E-state index contributed by atoms with van der Waals surface area (Å²) in [6, 6.07) is 12.0. The zero-order valence-corrected chi connectivity index (χ0v) is 14.0. The molecule has 0 atom stereocenters. The van der Waals surface area contributed by atoms with Gasteiger partial charge in [-0.25, -0.2) is 9.59 Å². The molecule has 142 valence electrons. The van der Waals surface area contributed by atoms with Crippen LogP contribution >= 0.6 is 0 Å². The molecule has 0 spiro atoms. The first-order valence-corrected chi connectivity index (χ1v) is 7.23. The molecule has 2 aromatic rings. The lowest BCUT2D eigenvalue weighted by Gasteiger charge is -2.03. The van der Waals surface area contributed by atoms with Gasteiger partial charge in [0.1, 0.15) is 22.6 Å². The molecular weight excluding hydrogens is 371 g/mol. The minimum Gasteiger partial charge on any atom is -0.478 e. The molecule has 0 unspecified atom stereocenters. The highest BCUT2D eigenvalue weighted by Gasteiger charge is 2.11. The van der Waals surface area contributed by atoms with Crippen LogP contribution in [0.15, 0.2) is 48.5 Å². The molecule has 8 nitrogen and oxygen atoms in total. The number of esters is 2. The topological polar surface area (TPSA) is 127 Å². The Morgan fingerprint density at radius 1 is 0.667 bits per heavy atom. The Labute approximate surface area is 165 Å². The molecule has 2 rings (SSSR count).